The second kappa shape index (κ2) is 7.92. The number of halogens is 1. The number of aromatic nitrogens is 6. The molecule has 2 aliphatic rings. The summed E-state index contributed by atoms with van der Waals surface area (Å²) in [6.45, 7) is 6.60. The lowest BCUT2D eigenvalue weighted by Gasteiger charge is -2.50. The molecule has 184 valence electrons. The Kier molecular flexibility index (Phi) is 4.85. The first-order valence-corrected chi connectivity index (χ1v) is 13.1. The molecular formula is C28H30ClN7. The first-order chi connectivity index (χ1) is 17.4. The quantitative estimate of drug-likeness (QED) is 0.342. The molecule has 3 aromatic heterocycles. The molecule has 7 nitrogen and oxygen atoms in total. The van der Waals surface area contributed by atoms with E-state index in [-0.39, 0.29) is 0 Å². The summed E-state index contributed by atoms with van der Waals surface area (Å²) >= 11 is 7.06. The molecule has 5 aromatic rings. The molecule has 0 bridgehead atoms. The van der Waals surface area contributed by atoms with Gasteiger partial charge in [0.1, 0.15) is 5.69 Å². The van der Waals surface area contributed by atoms with Crippen LogP contribution in [0.15, 0.2) is 36.7 Å². The van der Waals surface area contributed by atoms with Gasteiger partial charge >= 0.3 is 0 Å². The predicted octanol–water partition coefficient (Wildman–Crippen LogP) is 5.76. The highest BCUT2D eigenvalue weighted by molar-refractivity contribution is 6.36. The first-order valence-electron chi connectivity index (χ1n) is 12.7. The molecule has 0 spiro atoms. The fourth-order valence-corrected chi connectivity index (χ4v) is 6.85. The van der Waals surface area contributed by atoms with Crippen LogP contribution in [-0.2, 0) is 7.05 Å². The van der Waals surface area contributed by atoms with Gasteiger partial charge in [-0.1, -0.05) is 17.7 Å². The highest BCUT2D eigenvalue weighted by Crippen LogP contribution is 2.51. The standard InChI is InChI=1S/C28H30ClN7/c1-15-9-22-20(13-30-32-22)26(27(15)29)25-16(2)36(24-11-17-7-8-34(3)14-21(17)24)33-28(25)18-5-6-23-19(10-18)12-31-35(23)4/h5-6,9-10,12-13,17,21,24H,7-8,11,14H2,1-4H3,(H,30,32). The van der Waals surface area contributed by atoms with Crippen molar-refractivity contribution in [3.63, 3.8) is 0 Å². The molecule has 8 heteroatoms. The van der Waals surface area contributed by atoms with E-state index in [1.165, 1.54) is 25.1 Å². The number of hydrogen-bond donors (Lipinski definition) is 1. The number of fused-ring (bicyclic) bond motifs is 3. The van der Waals surface area contributed by atoms with Crippen LogP contribution in [0.3, 0.4) is 0 Å². The molecule has 1 saturated carbocycles. The molecule has 2 fully saturated rings. The average molecular weight is 500 g/mol. The fraction of sp³-hybridized carbons (Fsp3) is 0.393. The number of hydrogen-bond acceptors (Lipinski definition) is 4. The van der Waals surface area contributed by atoms with Crippen molar-refractivity contribution >= 4 is 33.4 Å². The molecule has 3 atom stereocenters. The number of aromatic amines is 1. The number of aryl methyl sites for hydroxylation is 2. The number of rotatable bonds is 3. The highest BCUT2D eigenvalue weighted by Gasteiger charge is 2.46. The topological polar surface area (TPSA) is 67.6 Å². The Morgan fingerprint density at radius 1 is 1.08 bits per heavy atom. The maximum absolute atomic E-state index is 7.06. The van der Waals surface area contributed by atoms with Crippen molar-refractivity contribution in [2.24, 2.45) is 18.9 Å². The van der Waals surface area contributed by atoms with E-state index in [0.29, 0.717) is 12.0 Å². The molecule has 3 unspecified atom stereocenters. The van der Waals surface area contributed by atoms with E-state index in [0.717, 1.165) is 67.2 Å². The Labute approximate surface area is 215 Å². The van der Waals surface area contributed by atoms with Crippen molar-refractivity contribution in [2.75, 3.05) is 20.1 Å². The zero-order valence-electron chi connectivity index (χ0n) is 21.1. The molecule has 0 amide bonds. The van der Waals surface area contributed by atoms with Gasteiger partial charge in [0.05, 0.1) is 34.5 Å². The predicted molar refractivity (Wildman–Crippen MR) is 144 cm³/mol. The van der Waals surface area contributed by atoms with Crippen molar-refractivity contribution in [3.05, 3.63) is 52.9 Å². The summed E-state index contributed by atoms with van der Waals surface area (Å²) in [7, 11) is 4.21. The number of likely N-dealkylation sites (tertiary alicyclic amines) is 1. The molecule has 2 aromatic carbocycles. The average Bonchev–Trinajstić information content (AvgIpc) is 3.55. The van der Waals surface area contributed by atoms with Crippen LogP contribution >= 0.6 is 11.6 Å². The summed E-state index contributed by atoms with van der Waals surface area (Å²) in [4.78, 5) is 2.47. The Morgan fingerprint density at radius 3 is 2.81 bits per heavy atom. The third kappa shape index (κ3) is 3.12. The van der Waals surface area contributed by atoms with Gasteiger partial charge in [-0.2, -0.15) is 15.3 Å². The van der Waals surface area contributed by atoms with Crippen LogP contribution in [0.1, 0.15) is 30.1 Å². The van der Waals surface area contributed by atoms with E-state index < -0.39 is 0 Å². The Balaban J connectivity index is 1.47. The highest BCUT2D eigenvalue weighted by atomic mass is 35.5. The third-order valence-corrected chi connectivity index (χ3v) is 9.13. The number of piperidine rings is 1. The van der Waals surface area contributed by atoms with Crippen LogP contribution in [0.5, 0.6) is 0 Å². The molecule has 1 saturated heterocycles. The van der Waals surface area contributed by atoms with E-state index in [1.54, 1.807) is 0 Å². The van der Waals surface area contributed by atoms with Crippen molar-refractivity contribution in [1.82, 2.24) is 34.7 Å². The summed E-state index contributed by atoms with van der Waals surface area (Å²) in [5.74, 6) is 1.45. The molecule has 1 N–H and O–H groups in total. The Bertz CT molecular complexity index is 1640. The van der Waals surface area contributed by atoms with Gasteiger partial charge in [-0.3, -0.25) is 14.5 Å². The molecule has 0 radical (unpaired) electrons. The van der Waals surface area contributed by atoms with Gasteiger partial charge in [0.25, 0.3) is 0 Å². The van der Waals surface area contributed by atoms with Gasteiger partial charge in [0.15, 0.2) is 0 Å². The summed E-state index contributed by atoms with van der Waals surface area (Å²) in [5, 5.41) is 20.2. The second-order valence-corrected chi connectivity index (χ2v) is 11.2. The minimum Gasteiger partial charge on any atom is -0.306 e. The van der Waals surface area contributed by atoms with Crippen LogP contribution in [0, 0.1) is 25.7 Å². The lowest BCUT2D eigenvalue weighted by molar-refractivity contribution is -0.00324. The van der Waals surface area contributed by atoms with Crippen molar-refractivity contribution in [1.29, 1.82) is 0 Å². The molecular weight excluding hydrogens is 470 g/mol. The van der Waals surface area contributed by atoms with Crippen molar-refractivity contribution < 1.29 is 0 Å². The number of H-pyrrole nitrogens is 1. The molecule has 4 heterocycles. The van der Waals surface area contributed by atoms with Crippen LogP contribution in [0.2, 0.25) is 5.02 Å². The van der Waals surface area contributed by atoms with Crippen LogP contribution in [0.25, 0.3) is 44.2 Å². The number of benzene rings is 2. The largest absolute Gasteiger partial charge is 0.306 e. The molecule has 1 aliphatic carbocycles. The fourth-order valence-electron chi connectivity index (χ4n) is 6.60. The van der Waals surface area contributed by atoms with E-state index in [4.69, 9.17) is 16.7 Å². The summed E-state index contributed by atoms with van der Waals surface area (Å²) in [6.07, 6.45) is 6.29. The number of nitrogens with one attached hydrogen (secondary N) is 1. The van der Waals surface area contributed by atoms with E-state index in [1.807, 2.05) is 24.1 Å². The number of nitrogens with zero attached hydrogens (tertiary/aromatic N) is 6. The SMILES string of the molecule is Cc1cc2[nH]ncc2c(-c2c(-c3ccc4c(cnn4C)c3)nn(C3CC4CCN(C)CC43)c2C)c1Cl. The summed E-state index contributed by atoms with van der Waals surface area (Å²) in [5.41, 5.74) is 8.47. The van der Waals surface area contributed by atoms with Crippen LogP contribution in [-0.4, -0.2) is 54.8 Å². The molecule has 1 aliphatic heterocycles. The zero-order chi connectivity index (χ0) is 24.7. The van der Waals surface area contributed by atoms with Crippen LogP contribution < -0.4 is 0 Å². The van der Waals surface area contributed by atoms with Gasteiger partial charge < -0.3 is 4.90 Å². The third-order valence-electron chi connectivity index (χ3n) is 8.65. The van der Waals surface area contributed by atoms with E-state index >= 15 is 0 Å². The normalized spacial score (nSPS) is 22.3. The van der Waals surface area contributed by atoms with Crippen molar-refractivity contribution in [2.45, 2.75) is 32.7 Å². The summed E-state index contributed by atoms with van der Waals surface area (Å²) in [6, 6.07) is 8.98. The zero-order valence-corrected chi connectivity index (χ0v) is 21.8. The van der Waals surface area contributed by atoms with Gasteiger partial charge in [0.2, 0.25) is 0 Å². The summed E-state index contributed by atoms with van der Waals surface area (Å²) < 4.78 is 4.22. The van der Waals surface area contributed by atoms with Gasteiger partial charge in [0, 0.05) is 46.7 Å². The maximum atomic E-state index is 7.06. The minimum absolute atomic E-state index is 0.413. The first kappa shape index (κ1) is 22.1. The van der Waals surface area contributed by atoms with E-state index in [2.05, 4.69) is 70.0 Å². The lowest BCUT2D eigenvalue weighted by atomic mass is 9.65. The maximum Gasteiger partial charge on any atom is 0.101 e. The molecule has 36 heavy (non-hydrogen) atoms. The van der Waals surface area contributed by atoms with Gasteiger partial charge in [-0.15, -0.1) is 0 Å². The second-order valence-electron chi connectivity index (χ2n) is 10.8. The smallest absolute Gasteiger partial charge is 0.101 e. The van der Waals surface area contributed by atoms with E-state index in [9.17, 15) is 0 Å². The van der Waals surface area contributed by atoms with Gasteiger partial charge in [-0.25, -0.2) is 0 Å². The lowest BCUT2D eigenvalue weighted by Crippen LogP contribution is -2.50. The molecule has 7 rings (SSSR count). The Morgan fingerprint density at radius 2 is 1.94 bits per heavy atom. The minimum atomic E-state index is 0.413. The van der Waals surface area contributed by atoms with Crippen LogP contribution in [0.4, 0.5) is 0 Å². The Hall–Kier alpha value is -3.16. The van der Waals surface area contributed by atoms with Gasteiger partial charge in [-0.05, 0) is 75.9 Å². The monoisotopic (exact) mass is 499 g/mol. The van der Waals surface area contributed by atoms with Crippen molar-refractivity contribution in [3.8, 4) is 22.4 Å².